The third kappa shape index (κ3) is 2.56. The van der Waals surface area contributed by atoms with Crippen LogP contribution in [0.15, 0.2) is 11.6 Å². The number of fused-ring (bicyclic) bond motifs is 1. The summed E-state index contributed by atoms with van der Waals surface area (Å²) in [5, 5.41) is 0. The molecule has 0 spiro atoms. The molecule has 1 fully saturated rings. The van der Waals surface area contributed by atoms with E-state index in [2.05, 4.69) is 19.9 Å². The van der Waals surface area contributed by atoms with Crippen LogP contribution in [0.25, 0.3) is 0 Å². The van der Waals surface area contributed by atoms with Gasteiger partial charge in [-0.3, -0.25) is 0 Å². The second-order valence-electron chi connectivity index (χ2n) is 5.56. The van der Waals surface area contributed by atoms with E-state index in [1.807, 2.05) is 0 Å². The molecule has 0 saturated heterocycles. The Balaban J connectivity index is 2.20. The van der Waals surface area contributed by atoms with Crippen molar-refractivity contribution in [2.75, 3.05) is 14.2 Å². The Labute approximate surface area is 104 Å². The molecule has 3 nitrogen and oxygen atoms in total. The standard InChI is InChI=1S/C14H24O3/c1-14(2,16-4)11-8-6-5-7-10-9-12(15-3)17-13(10)11/h9,11-13H,5-8H2,1-4H3. The number of hydrogen-bond donors (Lipinski definition) is 0. The lowest BCUT2D eigenvalue weighted by Gasteiger charge is -2.37. The minimum atomic E-state index is -0.164. The maximum absolute atomic E-state index is 6.00. The molecule has 3 atom stereocenters. The molecule has 0 bridgehead atoms. The molecular weight excluding hydrogens is 216 g/mol. The highest BCUT2D eigenvalue weighted by molar-refractivity contribution is 5.19. The largest absolute Gasteiger partial charge is 0.378 e. The molecule has 0 radical (unpaired) electrons. The molecule has 98 valence electrons. The van der Waals surface area contributed by atoms with Gasteiger partial charge in [-0.25, -0.2) is 0 Å². The highest BCUT2D eigenvalue weighted by Crippen LogP contribution is 2.41. The van der Waals surface area contributed by atoms with Crippen molar-refractivity contribution in [2.24, 2.45) is 5.92 Å². The molecule has 1 heterocycles. The molecule has 0 N–H and O–H groups in total. The molecular formula is C14H24O3. The highest BCUT2D eigenvalue weighted by Gasteiger charge is 2.42. The van der Waals surface area contributed by atoms with Crippen molar-refractivity contribution in [3.05, 3.63) is 11.6 Å². The summed E-state index contributed by atoms with van der Waals surface area (Å²) < 4.78 is 17.0. The van der Waals surface area contributed by atoms with E-state index in [-0.39, 0.29) is 18.0 Å². The van der Waals surface area contributed by atoms with Gasteiger partial charge in [0.1, 0.15) is 0 Å². The van der Waals surface area contributed by atoms with E-state index in [0.717, 1.165) is 6.42 Å². The average Bonchev–Trinajstić information content (AvgIpc) is 2.62. The van der Waals surface area contributed by atoms with E-state index >= 15 is 0 Å². The summed E-state index contributed by atoms with van der Waals surface area (Å²) in [4.78, 5) is 0. The van der Waals surface area contributed by atoms with Gasteiger partial charge in [0, 0.05) is 20.1 Å². The molecule has 3 heteroatoms. The molecule has 2 aliphatic rings. The lowest BCUT2D eigenvalue weighted by atomic mass is 9.81. The summed E-state index contributed by atoms with van der Waals surface area (Å²) in [6.45, 7) is 4.31. The van der Waals surface area contributed by atoms with Crippen LogP contribution in [-0.4, -0.2) is 32.2 Å². The van der Waals surface area contributed by atoms with Crippen LogP contribution in [0.2, 0.25) is 0 Å². The van der Waals surface area contributed by atoms with Gasteiger partial charge in [0.05, 0.1) is 11.7 Å². The minimum absolute atomic E-state index is 0.142. The fourth-order valence-electron chi connectivity index (χ4n) is 2.95. The maximum Gasteiger partial charge on any atom is 0.177 e. The fourth-order valence-corrected chi connectivity index (χ4v) is 2.95. The average molecular weight is 240 g/mol. The van der Waals surface area contributed by atoms with Gasteiger partial charge in [0.25, 0.3) is 0 Å². The topological polar surface area (TPSA) is 27.7 Å². The van der Waals surface area contributed by atoms with Gasteiger partial charge in [-0.15, -0.1) is 0 Å². The first-order chi connectivity index (χ1) is 8.08. The number of hydrogen-bond acceptors (Lipinski definition) is 3. The van der Waals surface area contributed by atoms with Gasteiger partial charge < -0.3 is 14.2 Å². The lowest BCUT2D eigenvalue weighted by Crippen LogP contribution is -2.41. The van der Waals surface area contributed by atoms with Crippen LogP contribution in [0.5, 0.6) is 0 Å². The monoisotopic (exact) mass is 240 g/mol. The maximum atomic E-state index is 6.00. The first-order valence-electron chi connectivity index (χ1n) is 6.52. The Morgan fingerprint density at radius 3 is 2.71 bits per heavy atom. The summed E-state index contributed by atoms with van der Waals surface area (Å²) in [6.07, 6.45) is 6.97. The van der Waals surface area contributed by atoms with E-state index in [4.69, 9.17) is 14.2 Å². The molecule has 0 aromatic heterocycles. The second kappa shape index (κ2) is 5.09. The molecule has 0 aromatic carbocycles. The van der Waals surface area contributed by atoms with Gasteiger partial charge in [-0.05, 0) is 44.8 Å². The van der Waals surface area contributed by atoms with Crippen molar-refractivity contribution in [3.63, 3.8) is 0 Å². The van der Waals surface area contributed by atoms with Crippen LogP contribution in [0.3, 0.4) is 0 Å². The Morgan fingerprint density at radius 1 is 1.29 bits per heavy atom. The number of methoxy groups -OCH3 is 2. The van der Waals surface area contributed by atoms with Crippen LogP contribution in [-0.2, 0) is 14.2 Å². The molecule has 0 amide bonds. The molecule has 1 saturated carbocycles. The van der Waals surface area contributed by atoms with Crippen molar-refractivity contribution >= 4 is 0 Å². The lowest BCUT2D eigenvalue weighted by molar-refractivity contribution is -0.145. The van der Waals surface area contributed by atoms with Crippen LogP contribution < -0.4 is 0 Å². The van der Waals surface area contributed by atoms with Crippen LogP contribution >= 0.6 is 0 Å². The van der Waals surface area contributed by atoms with Crippen LogP contribution in [0.1, 0.15) is 39.5 Å². The zero-order valence-corrected chi connectivity index (χ0v) is 11.4. The SMILES string of the molecule is COC1C=C2CCCCC(C(C)(C)OC)C2O1. The first-order valence-corrected chi connectivity index (χ1v) is 6.52. The summed E-state index contributed by atoms with van der Waals surface area (Å²) in [5.74, 6) is 0.418. The van der Waals surface area contributed by atoms with Gasteiger partial charge in [0.2, 0.25) is 0 Å². The Morgan fingerprint density at radius 2 is 2.06 bits per heavy atom. The molecule has 1 aliphatic carbocycles. The molecule has 17 heavy (non-hydrogen) atoms. The van der Waals surface area contributed by atoms with Crippen molar-refractivity contribution < 1.29 is 14.2 Å². The predicted molar refractivity (Wildman–Crippen MR) is 66.8 cm³/mol. The second-order valence-corrected chi connectivity index (χ2v) is 5.56. The van der Waals surface area contributed by atoms with Crippen molar-refractivity contribution in [2.45, 2.75) is 57.5 Å². The third-order valence-corrected chi connectivity index (χ3v) is 4.24. The molecule has 0 aromatic rings. The first kappa shape index (κ1) is 13.1. The summed E-state index contributed by atoms with van der Waals surface area (Å²) in [7, 11) is 3.49. The summed E-state index contributed by atoms with van der Waals surface area (Å²) >= 11 is 0. The summed E-state index contributed by atoms with van der Waals surface area (Å²) in [6, 6.07) is 0. The van der Waals surface area contributed by atoms with Gasteiger partial charge >= 0.3 is 0 Å². The van der Waals surface area contributed by atoms with E-state index in [9.17, 15) is 0 Å². The molecule has 1 aliphatic heterocycles. The van der Waals surface area contributed by atoms with Crippen molar-refractivity contribution in [1.29, 1.82) is 0 Å². The van der Waals surface area contributed by atoms with Crippen molar-refractivity contribution in [1.82, 2.24) is 0 Å². The quantitative estimate of drug-likeness (QED) is 0.710. The third-order valence-electron chi connectivity index (χ3n) is 4.24. The van der Waals surface area contributed by atoms with Crippen LogP contribution in [0.4, 0.5) is 0 Å². The molecule has 3 unspecified atom stereocenters. The van der Waals surface area contributed by atoms with E-state index in [1.54, 1.807) is 14.2 Å². The smallest absolute Gasteiger partial charge is 0.177 e. The number of ether oxygens (including phenoxy) is 3. The van der Waals surface area contributed by atoms with Gasteiger partial charge in [0.15, 0.2) is 6.29 Å². The normalized spacial score (nSPS) is 34.1. The minimum Gasteiger partial charge on any atom is -0.378 e. The van der Waals surface area contributed by atoms with E-state index in [0.29, 0.717) is 5.92 Å². The predicted octanol–water partition coefficient (Wildman–Crippen LogP) is 2.90. The van der Waals surface area contributed by atoms with Gasteiger partial charge in [-0.2, -0.15) is 0 Å². The Kier molecular flexibility index (Phi) is 3.91. The summed E-state index contributed by atoms with van der Waals surface area (Å²) in [5.41, 5.74) is 1.26. The number of rotatable bonds is 3. The Hall–Kier alpha value is -0.380. The van der Waals surface area contributed by atoms with Crippen LogP contribution in [0, 0.1) is 5.92 Å². The van der Waals surface area contributed by atoms with E-state index in [1.165, 1.54) is 24.8 Å². The zero-order chi connectivity index (χ0) is 12.5. The fraction of sp³-hybridized carbons (Fsp3) is 0.857. The zero-order valence-electron chi connectivity index (χ0n) is 11.4. The van der Waals surface area contributed by atoms with Crippen molar-refractivity contribution in [3.8, 4) is 0 Å². The van der Waals surface area contributed by atoms with E-state index < -0.39 is 0 Å². The Bertz CT molecular complexity index is 296. The van der Waals surface area contributed by atoms with Gasteiger partial charge in [-0.1, -0.05) is 6.42 Å². The highest BCUT2D eigenvalue weighted by atomic mass is 16.7. The molecule has 2 rings (SSSR count).